The van der Waals surface area contributed by atoms with Gasteiger partial charge in [0.15, 0.2) is 5.94 Å². The third-order valence-electron chi connectivity index (χ3n) is 4.64. The number of fused-ring (bicyclic) bond motifs is 1. The van der Waals surface area contributed by atoms with Gasteiger partial charge in [-0.2, -0.15) is 0 Å². The highest BCUT2D eigenvalue weighted by molar-refractivity contribution is 14.1. The average molecular weight is 557 g/mol. The molecule has 0 atom stereocenters. The number of primary amides is 1. The van der Waals surface area contributed by atoms with E-state index in [9.17, 15) is 22.0 Å². The molecule has 0 bridgehead atoms. The van der Waals surface area contributed by atoms with Crippen LogP contribution < -0.4 is 15.2 Å². The first kappa shape index (κ1) is 21.5. The molecule has 2 N–H and O–H groups in total. The fourth-order valence-electron chi connectivity index (χ4n) is 3.25. The highest BCUT2D eigenvalue weighted by Gasteiger charge is 2.29. The Balaban J connectivity index is 1.76. The molecule has 1 aliphatic heterocycles. The Morgan fingerprint density at radius 2 is 1.87 bits per heavy atom. The molecule has 0 radical (unpaired) electrons. The fourth-order valence-corrected chi connectivity index (χ4v) is 4.84. The SMILES string of the molecule is NC(=O)c1c(Cc2ccc(I)cc2F)cc(F)cc1Oc1ccc2c(c1)S(=O)(=O)CO2. The number of benzene rings is 3. The van der Waals surface area contributed by atoms with Crippen molar-refractivity contribution in [3.05, 3.63) is 80.4 Å². The maximum absolute atomic E-state index is 14.3. The number of sulfone groups is 1. The monoisotopic (exact) mass is 557 g/mol. The Bertz CT molecular complexity index is 1330. The van der Waals surface area contributed by atoms with Crippen LogP contribution in [0.1, 0.15) is 21.5 Å². The first-order valence-corrected chi connectivity index (χ1v) is 11.6. The quantitative estimate of drug-likeness (QED) is 0.476. The summed E-state index contributed by atoms with van der Waals surface area (Å²) in [5.74, 6) is -2.58. The van der Waals surface area contributed by atoms with Crippen LogP contribution in [0.4, 0.5) is 8.78 Å². The van der Waals surface area contributed by atoms with Crippen LogP contribution in [-0.4, -0.2) is 20.3 Å². The zero-order valence-electron chi connectivity index (χ0n) is 15.7. The second-order valence-electron chi connectivity index (χ2n) is 6.80. The van der Waals surface area contributed by atoms with Gasteiger partial charge in [0.05, 0.1) is 5.56 Å². The van der Waals surface area contributed by atoms with Gasteiger partial charge >= 0.3 is 0 Å². The van der Waals surface area contributed by atoms with Crippen molar-refractivity contribution < 1.29 is 31.5 Å². The van der Waals surface area contributed by atoms with E-state index >= 15 is 0 Å². The van der Waals surface area contributed by atoms with Gasteiger partial charge in [0.2, 0.25) is 9.84 Å². The Hall–Kier alpha value is -2.73. The van der Waals surface area contributed by atoms with E-state index in [2.05, 4.69) is 0 Å². The van der Waals surface area contributed by atoms with Gasteiger partial charge in [-0.25, -0.2) is 17.2 Å². The third kappa shape index (κ3) is 4.35. The van der Waals surface area contributed by atoms with Gasteiger partial charge in [-0.15, -0.1) is 0 Å². The smallest absolute Gasteiger partial charge is 0.252 e. The third-order valence-corrected chi connectivity index (χ3v) is 6.73. The summed E-state index contributed by atoms with van der Waals surface area (Å²) in [6.07, 6.45) is -0.0957. The molecule has 3 aromatic rings. The first-order valence-electron chi connectivity index (χ1n) is 8.87. The summed E-state index contributed by atoms with van der Waals surface area (Å²) in [6, 6.07) is 10.7. The largest absolute Gasteiger partial charge is 0.476 e. The van der Waals surface area contributed by atoms with Crippen LogP contribution in [-0.2, 0) is 16.3 Å². The molecule has 0 aromatic heterocycles. The minimum Gasteiger partial charge on any atom is -0.476 e. The van der Waals surface area contributed by atoms with E-state index in [1.54, 1.807) is 12.1 Å². The van der Waals surface area contributed by atoms with Gasteiger partial charge in [0.1, 0.15) is 33.8 Å². The summed E-state index contributed by atoms with van der Waals surface area (Å²) in [7, 11) is -3.62. The Kier molecular flexibility index (Phi) is 5.60. The number of amides is 1. The van der Waals surface area contributed by atoms with E-state index in [-0.39, 0.29) is 45.3 Å². The van der Waals surface area contributed by atoms with Crippen LogP contribution in [0.25, 0.3) is 0 Å². The standard InChI is InChI=1S/C21H14F2INO5S/c22-13-6-12(5-11-1-2-14(24)8-16(11)23)20(21(25)26)18(7-13)30-15-3-4-17-19(9-15)31(27,28)10-29-17/h1-4,6-9H,5,10H2,(H2,25,26). The topological polar surface area (TPSA) is 95.7 Å². The lowest BCUT2D eigenvalue weighted by atomic mass is 9.98. The van der Waals surface area contributed by atoms with E-state index in [0.717, 1.165) is 12.1 Å². The number of halogens is 3. The molecule has 0 fully saturated rings. The van der Waals surface area contributed by atoms with Crippen molar-refractivity contribution in [1.29, 1.82) is 0 Å². The highest BCUT2D eigenvalue weighted by atomic mass is 127. The summed E-state index contributed by atoms with van der Waals surface area (Å²) in [5, 5.41) is 0. The van der Waals surface area contributed by atoms with Crippen LogP contribution in [0, 0.1) is 15.2 Å². The Morgan fingerprint density at radius 1 is 1.10 bits per heavy atom. The predicted octanol–water partition coefficient (Wildman–Crippen LogP) is 4.18. The first-order chi connectivity index (χ1) is 14.6. The van der Waals surface area contributed by atoms with E-state index in [1.165, 1.54) is 24.3 Å². The molecule has 160 valence electrons. The van der Waals surface area contributed by atoms with Gasteiger partial charge in [0.25, 0.3) is 5.91 Å². The van der Waals surface area contributed by atoms with Crippen LogP contribution >= 0.6 is 22.6 Å². The highest BCUT2D eigenvalue weighted by Crippen LogP contribution is 2.37. The van der Waals surface area contributed by atoms with Crippen molar-refractivity contribution in [3.8, 4) is 17.2 Å². The minimum absolute atomic E-state index is 0.0484. The van der Waals surface area contributed by atoms with E-state index < -0.39 is 33.3 Å². The number of nitrogens with two attached hydrogens (primary N) is 1. The molecule has 1 heterocycles. The normalized spacial score (nSPS) is 14.0. The van der Waals surface area contributed by atoms with Crippen molar-refractivity contribution in [2.45, 2.75) is 11.3 Å². The fraction of sp³-hybridized carbons (Fsp3) is 0.0952. The molecule has 0 unspecified atom stereocenters. The number of hydrogen-bond donors (Lipinski definition) is 1. The van der Waals surface area contributed by atoms with E-state index in [4.69, 9.17) is 15.2 Å². The van der Waals surface area contributed by atoms with Crippen molar-refractivity contribution in [2.75, 3.05) is 5.94 Å². The second-order valence-corrected chi connectivity index (χ2v) is 9.95. The molecule has 10 heteroatoms. The summed E-state index contributed by atoms with van der Waals surface area (Å²) in [5.41, 5.74) is 5.78. The summed E-state index contributed by atoms with van der Waals surface area (Å²) >= 11 is 1.96. The van der Waals surface area contributed by atoms with Crippen molar-refractivity contribution in [3.63, 3.8) is 0 Å². The maximum atomic E-state index is 14.3. The van der Waals surface area contributed by atoms with Crippen molar-refractivity contribution in [1.82, 2.24) is 0 Å². The van der Waals surface area contributed by atoms with E-state index in [0.29, 0.717) is 3.57 Å². The molecule has 4 rings (SSSR count). The molecular weight excluding hydrogens is 543 g/mol. The number of hydrogen-bond acceptors (Lipinski definition) is 5. The predicted molar refractivity (Wildman–Crippen MR) is 116 cm³/mol. The lowest BCUT2D eigenvalue weighted by Gasteiger charge is -2.15. The number of carbonyl (C=O) groups excluding carboxylic acids is 1. The Morgan fingerprint density at radius 3 is 2.58 bits per heavy atom. The molecule has 6 nitrogen and oxygen atoms in total. The molecular formula is C21H14F2INO5S. The van der Waals surface area contributed by atoms with E-state index in [1.807, 2.05) is 22.6 Å². The van der Waals surface area contributed by atoms with Gasteiger partial charge in [-0.05, 0) is 64.0 Å². The van der Waals surface area contributed by atoms with Crippen LogP contribution in [0.3, 0.4) is 0 Å². The molecule has 0 aliphatic carbocycles. The minimum atomic E-state index is -3.62. The van der Waals surface area contributed by atoms with Crippen molar-refractivity contribution in [2.24, 2.45) is 5.73 Å². The number of rotatable bonds is 5. The van der Waals surface area contributed by atoms with Crippen LogP contribution in [0.2, 0.25) is 0 Å². The molecule has 1 amide bonds. The number of ether oxygens (including phenoxy) is 2. The molecule has 0 spiro atoms. The zero-order chi connectivity index (χ0) is 22.3. The molecule has 0 saturated heterocycles. The summed E-state index contributed by atoms with van der Waals surface area (Å²) < 4.78 is 64.2. The van der Waals surface area contributed by atoms with Gasteiger partial charge in [0, 0.05) is 22.1 Å². The van der Waals surface area contributed by atoms with Crippen LogP contribution in [0.5, 0.6) is 17.2 Å². The Labute approximate surface area is 190 Å². The summed E-state index contributed by atoms with van der Waals surface area (Å²) in [6.45, 7) is 0. The van der Waals surface area contributed by atoms with Gasteiger partial charge in [-0.3, -0.25) is 4.79 Å². The second kappa shape index (κ2) is 8.08. The average Bonchev–Trinajstić information content (AvgIpc) is 2.98. The number of carbonyl (C=O) groups is 1. The molecule has 31 heavy (non-hydrogen) atoms. The molecule has 3 aromatic carbocycles. The van der Waals surface area contributed by atoms with Gasteiger partial charge in [-0.1, -0.05) is 6.07 Å². The lowest BCUT2D eigenvalue weighted by molar-refractivity contribution is 0.0997. The molecule has 0 saturated carbocycles. The van der Waals surface area contributed by atoms with Gasteiger partial charge < -0.3 is 15.2 Å². The van der Waals surface area contributed by atoms with Crippen LogP contribution in [0.15, 0.2) is 53.4 Å². The molecule has 1 aliphatic rings. The summed E-state index contributed by atoms with van der Waals surface area (Å²) in [4.78, 5) is 12.1. The zero-order valence-corrected chi connectivity index (χ0v) is 18.7. The lowest BCUT2D eigenvalue weighted by Crippen LogP contribution is -2.16. The maximum Gasteiger partial charge on any atom is 0.252 e. The van der Waals surface area contributed by atoms with Crippen molar-refractivity contribution >= 4 is 38.3 Å².